The predicted octanol–water partition coefficient (Wildman–Crippen LogP) is 2.71. The van der Waals surface area contributed by atoms with E-state index < -0.39 is 0 Å². The molecule has 1 rings (SSSR count). The van der Waals surface area contributed by atoms with Crippen molar-refractivity contribution in [2.24, 2.45) is 5.73 Å². The summed E-state index contributed by atoms with van der Waals surface area (Å²) in [5.74, 6) is 0. The first kappa shape index (κ1) is 9.29. The highest BCUT2D eigenvalue weighted by atomic mass is 127. The molecule has 60 valence electrons. The van der Waals surface area contributed by atoms with Crippen molar-refractivity contribution in [2.45, 2.75) is 13.5 Å². The van der Waals surface area contributed by atoms with E-state index in [-0.39, 0.29) is 0 Å². The van der Waals surface area contributed by atoms with Gasteiger partial charge >= 0.3 is 0 Å². The van der Waals surface area contributed by atoms with E-state index in [9.17, 15) is 0 Å². The van der Waals surface area contributed by atoms with Gasteiger partial charge in [-0.25, -0.2) is 0 Å². The lowest BCUT2D eigenvalue weighted by Gasteiger charge is -2.04. The largest absolute Gasteiger partial charge is 0.326 e. The average Bonchev–Trinajstić information content (AvgIpc) is 1.97. The maximum absolute atomic E-state index is 5.90. The number of nitrogens with two attached hydrogens (primary N) is 1. The molecule has 1 nitrogen and oxygen atoms in total. The number of aryl methyl sites for hydroxylation is 1. The Morgan fingerprint density at radius 3 is 2.73 bits per heavy atom. The zero-order valence-corrected chi connectivity index (χ0v) is 9.11. The van der Waals surface area contributed by atoms with Crippen molar-refractivity contribution in [3.05, 3.63) is 31.9 Å². The van der Waals surface area contributed by atoms with Crippen LogP contribution in [-0.2, 0) is 6.54 Å². The van der Waals surface area contributed by atoms with Crippen molar-refractivity contribution < 1.29 is 0 Å². The number of hydrogen-bond acceptors (Lipinski definition) is 1. The topological polar surface area (TPSA) is 26.0 Å². The summed E-state index contributed by atoms with van der Waals surface area (Å²) in [4.78, 5) is 0. The normalized spacial score (nSPS) is 10.2. The summed E-state index contributed by atoms with van der Waals surface area (Å²) in [6.07, 6.45) is 0. The second-order valence-electron chi connectivity index (χ2n) is 2.40. The fourth-order valence-corrected chi connectivity index (χ4v) is 1.72. The Labute approximate surface area is 85.1 Å². The molecule has 0 bridgehead atoms. The lowest BCUT2D eigenvalue weighted by atomic mass is 10.1. The second-order valence-corrected chi connectivity index (χ2v) is 3.97. The maximum atomic E-state index is 5.90. The van der Waals surface area contributed by atoms with E-state index in [0.717, 1.165) is 14.2 Å². The fourth-order valence-electron chi connectivity index (χ4n) is 0.907. The van der Waals surface area contributed by atoms with E-state index in [1.807, 2.05) is 19.1 Å². The maximum Gasteiger partial charge on any atom is 0.0542 e. The Bertz CT molecular complexity index is 273. The number of benzene rings is 1. The Kier molecular flexibility index (Phi) is 3.16. The van der Waals surface area contributed by atoms with Gasteiger partial charge in [0.2, 0.25) is 0 Å². The van der Waals surface area contributed by atoms with Crippen molar-refractivity contribution in [2.75, 3.05) is 0 Å². The smallest absolute Gasteiger partial charge is 0.0542 e. The highest BCUT2D eigenvalue weighted by Crippen LogP contribution is 2.22. The Balaban J connectivity index is 3.21. The molecule has 0 saturated heterocycles. The second kappa shape index (κ2) is 3.74. The first-order valence-electron chi connectivity index (χ1n) is 3.29. The molecule has 0 aliphatic rings. The SMILES string of the molecule is Cc1cc(I)c(Cl)cc1CN. The van der Waals surface area contributed by atoms with E-state index in [0.29, 0.717) is 6.54 Å². The van der Waals surface area contributed by atoms with Crippen molar-refractivity contribution in [3.63, 3.8) is 0 Å². The first-order valence-corrected chi connectivity index (χ1v) is 4.75. The van der Waals surface area contributed by atoms with Gasteiger partial charge in [0.05, 0.1) is 5.02 Å². The average molecular weight is 282 g/mol. The molecule has 0 fully saturated rings. The van der Waals surface area contributed by atoms with E-state index in [2.05, 4.69) is 22.6 Å². The molecule has 0 saturated carbocycles. The van der Waals surface area contributed by atoms with Crippen LogP contribution < -0.4 is 5.73 Å². The van der Waals surface area contributed by atoms with E-state index >= 15 is 0 Å². The Morgan fingerprint density at radius 2 is 2.18 bits per heavy atom. The van der Waals surface area contributed by atoms with Gasteiger partial charge in [-0.1, -0.05) is 11.6 Å². The lowest BCUT2D eigenvalue weighted by molar-refractivity contribution is 1.05. The van der Waals surface area contributed by atoms with Crippen LogP contribution in [0, 0.1) is 10.5 Å². The number of hydrogen-bond donors (Lipinski definition) is 1. The van der Waals surface area contributed by atoms with Gasteiger partial charge in [-0.15, -0.1) is 0 Å². The minimum atomic E-state index is 0.558. The minimum Gasteiger partial charge on any atom is -0.326 e. The quantitative estimate of drug-likeness (QED) is 0.787. The van der Waals surface area contributed by atoms with Crippen LogP contribution in [0.5, 0.6) is 0 Å². The third-order valence-electron chi connectivity index (χ3n) is 1.60. The molecule has 0 amide bonds. The molecule has 1 aromatic carbocycles. The minimum absolute atomic E-state index is 0.558. The summed E-state index contributed by atoms with van der Waals surface area (Å²) in [6.45, 7) is 2.60. The monoisotopic (exact) mass is 281 g/mol. The van der Waals surface area contributed by atoms with Crippen molar-refractivity contribution in [1.82, 2.24) is 0 Å². The van der Waals surface area contributed by atoms with Gasteiger partial charge in [-0.2, -0.15) is 0 Å². The van der Waals surface area contributed by atoms with Crippen molar-refractivity contribution in [3.8, 4) is 0 Å². The molecule has 0 heterocycles. The van der Waals surface area contributed by atoms with E-state index in [4.69, 9.17) is 17.3 Å². The number of rotatable bonds is 1. The van der Waals surface area contributed by atoms with Crippen LogP contribution >= 0.6 is 34.2 Å². The molecule has 0 atom stereocenters. The Morgan fingerprint density at radius 1 is 1.55 bits per heavy atom. The molecule has 1 aromatic rings. The molecule has 2 N–H and O–H groups in total. The molecule has 0 aromatic heterocycles. The highest BCUT2D eigenvalue weighted by Gasteiger charge is 2.01. The molecule has 3 heteroatoms. The molecular formula is C8H9ClIN. The molecule has 0 spiro atoms. The third kappa shape index (κ3) is 2.07. The van der Waals surface area contributed by atoms with Gasteiger partial charge in [0.1, 0.15) is 0 Å². The van der Waals surface area contributed by atoms with Crippen LogP contribution in [0.4, 0.5) is 0 Å². The van der Waals surface area contributed by atoms with Gasteiger partial charge in [-0.3, -0.25) is 0 Å². The van der Waals surface area contributed by atoms with Crippen LogP contribution in [0.1, 0.15) is 11.1 Å². The summed E-state index contributed by atoms with van der Waals surface area (Å²) < 4.78 is 1.08. The van der Waals surface area contributed by atoms with Gasteiger partial charge in [0.25, 0.3) is 0 Å². The Hall–Kier alpha value is 0.200. The molecule has 0 unspecified atom stereocenters. The zero-order valence-electron chi connectivity index (χ0n) is 6.20. The van der Waals surface area contributed by atoms with Crippen LogP contribution in [-0.4, -0.2) is 0 Å². The summed E-state index contributed by atoms with van der Waals surface area (Å²) in [6, 6.07) is 3.98. The summed E-state index contributed by atoms with van der Waals surface area (Å²) in [7, 11) is 0. The first-order chi connectivity index (χ1) is 5.15. The lowest BCUT2D eigenvalue weighted by Crippen LogP contribution is -1.99. The van der Waals surface area contributed by atoms with E-state index in [1.54, 1.807) is 0 Å². The van der Waals surface area contributed by atoms with Gasteiger partial charge < -0.3 is 5.73 Å². The summed E-state index contributed by atoms with van der Waals surface area (Å²) in [5.41, 5.74) is 7.84. The van der Waals surface area contributed by atoms with Crippen LogP contribution in [0.25, 0.3) is 0 Å². The van der Waals surface area contributed by atoms with Crippen LogP contribution in [0.3, 0.4) is 0 Å². The van der Waals surface area contributed by atoms with Gasteiger partial charge in [0.15, 0.2) is 0 Å². The third-order valence-corrected chi connectivity index (χ3v) is 3.12. The molecule has 11 heavy (non-hydrogen) atoms. The fraction of sp³-hybridized carbons (Fsp3) is 0.250. The molecule has 0 aliphatic carbocycles. The molecule has 0 aliphatic heterocycles. The van der Waals surface area contributed by atoms with Crippen molar-refractivity contribution >= 4 is 34.2 Å². The van der Waals surface area contributed by atoms with Crippen molar-refractivity contribution in [1.29, 1.82) is 0 Å². The van der Waals surface area contributed by atoms with Crippen LogP contribution in [0.2, 0.25) is 5.02 Å². The zero-order chi connectivity index (χ0) is 8.43. The number of halogens is 2. The standard InChI is InChI=1S/C8H9ClIN/c1-5-2-8(10)7(9)3-6(5)4-11/h2-3H,4,11H2,1H3. The predicted molar refractivity (Wildman–Crippen MR) is 56.8 cm³/mol. The van der Waals surface area contributed by atoms with E-state index in [1.165, 1.54) is 5.56 Å². The summed E-state index contributed by atoms with van der Waals surface area (Å²) >= 11 is 8.11. The molecule has 0 radical (unpaired) electrons. The molecular weight excluding hydrogens is 272 g/mol. The van der Waals surface area contributed by atoms with Gasteiger partial charge in [-0.05, 0) is 52.8 Å². The van der Waals surface area contributed by atoms with Crippen LogP contribution in [0.15, 0.2) is 12.1 Å². The summed E-state index contributed by atoms with van der Waals surface area (Å²) in [5, 5.41) is 0.789. The highest BCUT2D eigenvalue weighted by molar-refractivity contribution is 14.1. The van der Waals surface area contributed by atoms with Gasteiger partial charge in [0, 0.05) is 10.1 Å².